The van der Waals surface area contributed by atoms with Crippen molar-refractivity contribution in [1.82, 2.24) is 20.0 Å². The Morgan fingerprint density at radius 1 is 0.577 bits per heavy atom. The van der Waals surface area contributed by atoms with Crippen molar-refractivity contribution in [2.45, 2.75) is 72.1 Å². The van der Waals surface area contributed by atoms with Gasteiger partial charge >= 0.3 is 0 Å². The third-order valence-electron chi connectivity index (χ3n) is 5.32. The summed E-state index contributed by atoms with van der Waals surface area (Å²) in [5, 5.41) is 3.31. The molecule has 4 heteroatoms. The van der Waals surface area contributed by atoms with Crippen LogP contribution in [0.25, 0.3) is 0 Å². The van der Waals surface area contributed by atoms with Crippen LogP contribution >= 0.6 is 0 Å². The number of hydrogen-bond donors (Lipinski definition) is 1. The van der Waals surface area contributed by atoms with Crippen LogP contribution in [0.3, 0.4) is 0 Å². The van der Waals surface area contributed by atoms with Gasteiger partial charge in [0, 0.05) is 26.2 Å². The molecule has 0 aromatic heterocycles. The molecule has 3 fully saturated rings. The van der Waals surface area contributed by atoms with Crippen LogP contribution in [0.5, 0.6) is 0 Å². The maximum Gasteiger partial charge on any atom is 0.0107 e. The van der Waals surface area contributed by atoms with Crippen molar-refractivity contribution in [1.29, 1.82) is 0 Å². The van der Waals surface area contributed by atoms with Gasteiger partial charge in [0.15, 0.2) is 0 Å². The first-order valence-electron chi connectivity index (χ1n) is 11.5. The van der Waals surface area contributed by atoms with E-state index in [9.17, 15) is 0 Å². The Morgan fingerprint density at radius 2 is 0.923 bits per heavy atom. The van der Waals surface area contributed by atoms with Gasteiger partial charge in [-0.1, -0.05) is 46.5 Å². The van der Waals surface area contributed by atoms with E-state index < -0.39 is 0 Å². The topological polar surface area (TPSA) is 21.8 Å². The van der Waals surface area contributed by atoms with Crippen LogP contribution in [-0.4, -0.2) is 87.7 Å². The normalized spacial score (nSPS) is 23.0. The number of nitrogens with one attached hydrogen (secondary N) is 1. The Balaban J connectivity index is 0.000000344. The molecule has 0 atom stereocenters. The van der Waals surface area contributed by atoms with Crippen molar-refractivity contribution in [2.24, 2.45) is 0 Å². The summed E-state index contributed by atoms with van der Waals surface area (Å²) in [7, 11) is 4.43. The molecule has 0 aromatic rings. The summed E-state index contributed by atoms with van der Waals surface area (Å²) >= 11 is 0. The summed E-state index contributed by atoms with van der Waals surface area (Å²) in [6.07, 6.45) is 11.4. The molecular formula is C22H50N4. The van der Waals surface area contributed by atoms with Crippen LogP contribution in [0, 0.1) is 0 Å². The third-order valence-corrected chi connectivity index (χ3v) is 5.32. The lowest BCUT2D eigenvalue weighted by Gasteiger charge is -2.25. The summed E-state index contributed by atoms with van der Waals surface area (Å²) in [5.74, 6) is 0. The first-order valence-corrected chi connectivity index (χ1v) is 11.5. The smallest absolute Gasteiger partial charge is 0.0107 e. The molecular weight excluding hydrogens is 320 g/mol. The monoisotopic (exact) mass is 370 g/mol. The standard InChI is InChI=1S/2C7H15N.C6H14N2.C2H6/c2*1-8-6-4-2-3-5-7-8;1-2-8-5-3-7-4-6-8;1-2/h2*2-7H2,1H3;7H,2-6H2,1H3;1-2H3. The molecule has 3 aliphatic rings. The van der Waals surface area contributed by atoms with Gasteiger partial charge in [-0.3, -0.25) is 0 Å². The molecule has 0 aliphatic carbocycles. The molecule has 3 rings (SSSR count). The largest absolute Gasteiger partial charge is 0.314 e. The number of piperazine rings is 1. The van der Waals surface area contributed by atoms with Crippen molar-refractivity contribution in [2.75, 3.05) is 73.0 Å². The van der Waals surface area contributed by atoms with Crippen molar-refractivity contribution in [3.63, 3.8) is 0 Å². The average Bonchev–Trinajstić information content (AvgIpc) is 3.09. The van der Waals surface area contributed by atoms with Gasteiger partial charge in [0.25, 0.3) is 0 Å². The molecule has 0 saturated carbocycles. The maximum atomic E-state index is 3.31. The third kappa shape index (κ3) is 16.0. The molecule has 158 valence electrons. The van der Waals surface area contributed by atoms with Crippen LogP contribution in [0.4, 0.5) is 0 Å². The number of likely N-dealkylation sites (tertiary alicyclic amines) is 2. The molecule has 0 bridgehead atoms. The zero-order valence-corrected chi connectivity index (χ0v) is 18.9. The molecule has 3 heterocycles. The molecule has 1 N–H and O–H groups in total. The Hall–Kier alpha value is -0.160. The van der Waals surface area contributed by atoms with Crippen LogP contribution in [0.2, 0.25) is 0 Å². The molecule has 0 amide bonds. The quantitative estimate of drug-likeness (QED) is 0.755. The van der Waals surface area contributed by atoms with E-state index in [1.54, 1.807) is 0 Å². The fourth-order valence-corrected chi connectivity index (χ4v) is 3.48. The summed E-state index contributed by atoms with van der Waals surface area (Å²) in [4.78, 5) is 7.30. The summed E-state index contributed by atoms with van der Waals surface area (Å²) in [6.45, 7) is 17.5. The highest BCUT2D eigenvalue weighted by molar-refractivity contribution is 4.64. The first-order chi connectivity index (χ1) is 12.7. The lowest BCUT2D eigenvalue weighted by molar-refractivity contribution is 0.253. The van der Waals surface area contributed by atoms with E-state index in [0.717, 1.165) is 0 Å². The Morgan fingerprint density at radius 3 is 1.19 bits per heavy atom. The Labute approximate surface area is 165 Å². The fourth-order valence-electron chi connectivity index (χ4n) is 3.48. The lowest BCUT2D eigenvalue weighted by atomic mass is 10.2. The molecule has 4 nitrogen and oxygen atoms in total. The molecule has 3 aliphatic heterocycles. The number of likely N-dealkylation sites (N-methyl/N-ethyl adjacent to an activating group) is 1. The SMILES string of the molecule is CC.CCN1CCNCC1.CN1CCCCCC1.CN1CCCCCC1. The van der Waals surface area contributed by atoms with Crippen molar-refractivity contribution in [3.8, 4) is 0 Å². The summed E-state index contributed by atoms with van der Waals surface area (Å²) < 4.78 is 0. The van der Waals surface area contributed by atoms with E-state index in [0.29, 0.717) is 0 Å². The van der Waals surface area contributed by atoms with E-state index in [-0.39, 0.29) is 0 Å². The van der Waals surface area contributed by atoms with E-state index in [4.69, 9.17) is 0 Å². The lowest BCUT2D eigenvalue weighted by Crippen LogP contribution is -2.43. The van der Waals surface area contributed by atoms with Gasteiger partial charge in [-0.15, -0.1) is 0 Å². The second kappa shape index (κ2) is 19.6. The molecule has 0 unspecified atom stereocenters. The van der Waals surface area contributed by atoms with Crippen molar-refractivity contribution in [3.05, 3.63) is 0 Å². The summed E-state index contributed by atoms with van der Waals surface area (Å²) in [6, 6.07) is 0. The predicted octanol–water partition coefficient (Wildman–Crippen LogP) is 3.92. The zero-order valence-electron chi connectivity index (χ0n) is 18.9. The van der Waals surface area contributed by atoms with E-state index in [1.807, 2.05) is 13.8 Å². The minimum atomic E-state index is 1.17. The highest BCUT2D eigenvalue weighted by Crippen LogP contribution is 2.07. The van der Waals surface area contributed by atoms with Crippen LogP contribution in [0.1, 0.15) is 72.1 Å². The van der Waals surface area contributed by atoms with Gasteiger partial charge in [-0.05, 0) is 72.5 Å². The Bertz CT molecular complexity index is 233. The number of nitrogens with zero attached hydrogens (tertiary/aromatic N) is 3. The van der Waals surface area contributed by atoms with Crippen LogP contribution in [0.15, 0.2) is 0 Å². The van der Waals surface area contributed by atoms with E-state index in [1.165, 1.54) is 110 Å². The van der Waals surface area contributed by atoms with Crippen molar-refractivity contribution < 1.29 is 0 Å². The molecule has 26 heavy (non-hydrogen) atoms. The van der Waals surface area contributed by atoms with Gasteiger partial charge in [-0.2, -0.15) is 0 Å². The second-order valence-electron chi connectivity index (χ2n) is 7.62. The van der Waals surface area contributed by atoms with E-state index >= 15 is 0 Å². The van der Waals surface area contributed by atoms with Gasteiger partial charge in [-0.25, -0.2) is 0 Å². The van der Waals surface area contributed by atoms with Gasteiger partial charge in [0.05, 0.1) is 0 Å². The highest BCUT2D eigenvalue weighted by atomic mass is 15.2. The molecule has 3 saturated heterocycles. The molecule has 0 spiro atoms. The van der Waals surface area contributed by atoms with Crippen molar-refractivity contribution >= 4 is 0 Å². The van der Waals surface area contributed by atoms with Crippen LogP contribution < -0.4 is 5.32 Å². The second-order valence-corrected chi connectivity index (χ2v) is 7.62. The fraction of sp³-hybridized carbons (Fsp3) is 1.00. The van der Waals surface area contributed by atoms with Gasteiger partial charge in [0.1, 0.15) is 0 Å². The maximum absolute atomic E-state index is 3.31. The first kappa shape index (κ1) is 25.8. The number of rotatable bonds is 1. The zero-order chi connectivity index (χ0) is 19.5. The minimum Gasteiger partial charge on any atom is -0.314 e. The van der Waals surface area contributed by atoms with Gasteiger partial charge < -0.3 is 20.0 Å². The Kier molecular flexibility index (Phi) is 19.5. The van der Waals surface area contributed by atoms with E-state index in [2.05, 4.69) is 41.0 Å². The van der Waals surface area contributed by atoms with Crippen LogP contribution in [-0.2, 0) is 0 Å². The highest BCUT2D eigenvalue weighted by Gasteiger charge is 2.05. The number of hydrogen-bond acceptors (Lipinski definition) is 4. The minimum absolute atomic E-state index is 1.17. The average molecular weight is 371 g/mol. The molecule has 0 radical (unpaired) electrons. The van der Waals surface area contributed by atoms with Gasteiger partial charge in [0.2, 0.25) is 0 Å². The molecule has 0 aromatic carbocycles. The summed E-state index contributed by atoms with van der Waals surface area (Å²) in [5.41, 5.74) is 0. The predicted molar refractivity (Wildman–Crippen MR) is 118 cm³/mol.